The predicted octanol–water partition coefficient (Wildman–Crippen LogP) is 3.33. The van der Waals surface area contributed by atoms with Crippen LogP contribution in [0.15, 0.2) is 46.9 Å². The topological polar surface area (TPSA) is 91.8 Å². The quantitative estimate of drug-likeness (QED) is 0.606. The van der Waals surface area contributed by atoms with Gasteiger partial charge in [-0.3, -0.25) is 4.79 Å². The number of benzene rings is 2. The predicted molar refractivity (Wildman–Crippen MR) is 114 cm³/mol. The molecule has 1 aliphatic rings. The van der Waals surface area contributed by atoms with Gasteiger partial charge >= 0.3 is 0 Å². The molecule has 0 N–H and O–H groups in total. The van der Waals surface area contributed by atoms with Crippen molar-refractivity contribution >= 4 is 11.8 Å². The second kappa shape index (κ2) is 8.98. The molecule has 0 bridgehead atoms. The van der Waals surface area contributed by atoms with E-state index >= 15 is 0 Å². The van der Waals surface area contributed by atoms with Crippen molar-refractivity contribution in [2.45, 2.75) is 0 Å². The molecule has 0 aliphatic carbocycles. The Morgan fingerprint density at radius 3 is 2.38 bits per heavy atom. The monoisotopic (exact) mass is 436 g/mol. The van der Waals surface area contributed by atoms with Crippen LogP contribution in [0.2, 0.25) is 0 Å². The molecule has 0 atom stereocenters. The van der Waals surface area contributed by atoms with Gasteiger partial charge in [0.05, 0.1) is 14.2 Å². The smallest absolute Gasteiger partial charge is 0.253 e. The molecule has 164 valence electrons. The largest absolute Gasteiger partial charge is 0.493 e. The third kappa shape index (κ3) is 4.07. The molecule has 4 rings (SSSR count). The number of anilines is 1. The molecule has 1 fully saturated rings. The normalized spacial score (nSPS) is 13.6. The summed E-state index contributed by atoms with van der Waals surface area (Å²) in [6.45, 7) is 1.82. The lowest BCUT2D eigenvalue weighted by molar-refractivity contribution is 0.0745. The van der Waals surface area contributed by atoms with Crippen LogP contribution in [0, 0.1) is 17.1 Å². The Morgan fingerprint density at radius 1 is 1.06 bits per heavy atom. The molecular formula is C23H21FN4O4. The number of hydrogen-bond acceptors (Lipinski definition) is 7. The van der Waals surface area contributed by atoms with Crippen LogP contribution < -0.4 is 14.4 Å². The first-order valence-electron chi connectivity index (χ1n) is 9.97. The Kier molecular flexibility index (Phi) is 5.94. The summed E-state index contributed by atoms with van der Waals surface area (Å²) in [4.78, 5) is 20.6. The fourth-order valence-corrected chi connectivity index (χ4v) is 3.58. The summed E-state index contributed by atoms with van der Waals surface area (Å²) in [7, 11) is 3.09. The molecule has 3 aromatic rings. The van der Waals surface area contributed by atoms with E-state index in [1.165, 1.54) is 31.4 Å². The maximum absolute atomic E-state index is 13.1. The van der Waals surface area contributed by atoms with Crippen molar-refractivity contribution in [2.75, 3.05) is 45.3 Å². The molecule has 0 unspecified atom stereocenters. The minimum atomic E-state index is -0.383. The van der Waals surface area contributed by atoms with Crippen LogP contribution >= 0.6 is 0 Å². The number of aromatic nitrogens is 1. The lowest BCUT2D eigenvalue weighted by Gasteiger charge is -2.34. The highest BCUT2D eigenvalue weighted by Crippen LogP contribution is 2.34. The lowest BCUT2D eigenvalue weighted by atomic mass is 10.2. The van der Waals surface area contributed by atoms with Gasteiger partial charge in [0.2, 0.25) is 17.5 Å². The van der Waals surface area contributed by atoms with E-state index in [0.29, 0.717) is 60.6 Å². The highest BCUT2D eigenvalue weighted by atomic mass is 19.1. The average molecular weight is 436 g/mol. The van der Waals surface area contributed by atoms with Gasteiger partial charge in [0, 0.05) is 37.3 Å². The second-order valence-electron chi connectivity index (χ2n) is 7.14. The van der Waals surface area contributed by atoms with Crippen molar-refractivity contribution in [3.63, 3.8) is 0 Å². The van der Waals surface area contributed by atoms with Gasteiger partial charge in [-0.15, -0.1) is 0 Å². The number of methoxy groups -OCH3 is 2. The number of piperazine rings is 1. The highest BCUT2D eigenvalue weighted by molar-refractivity contribution is 5.94. The molecule has 0 saturated carbocycles. The van der Waals surface area contributed by atoms with Crippen LogP contribution in [0.5, 0.6) is 11.5 Å². The van der Waals surface area contributed by atoms with Gasteiger partial charge in [-0.05, 0) is 42.5 Å². The van der Waals surface area contributed by atoms with Crippen molar-refractivity contribution in [3.8, 4) is 29.0 Å². The van der Waals surface area contributed by atoms with E-state index in [-0.39, 0.29) is 17.4 Å². The molecule has 8 nitrogen and oxygen atoms in total. The number of rotatable bonds is 5. The Hall–Kier alpha value is -4.06. The van der Waals surface area contributed by atoms with Gasteiger partial charge in [-0.25, -0.2) is 4.39 Å². The number of ether oxygens (including phenoxy) is 2. The van der Waals surface area contributed by atoms with Crippen molar-refractivity contribution in [2.24, 2.45) is 0 Å². The summed E-state index contributed by atoms with van der Waals surface area (Å²) in [5, 5.41) is 9.56. The molecule has 2 heterocycles. The summed E-state index contributed by atoms with van der Waals surface area (Å²) in [6.07, 6.45) is 0. The summed E-state index contributed by atoms with van der Waals surface area (Å²) in [5.41, 5.74) is 1.26. The van der Waals surface area contributed by atoms with Gasteiger partial charge in [0.15, 0.2) is 11.5 Å². The molecule has 1 aromatic heterocycles. The molecule has 0 spiro atoms. The molecular weight excluding hydrogens is 415 g/mol. The Balaban J connectivity index is 1.51. The van der Waals surface area contributed by atoms with Crippen molar-refractivity contribution in [1.82, 2.24) is 9.88 Å². The number of carbonyl (C=O) groups is 1. The van der Waals surface area contributed by atoms with Crippen molar-refractivity contribution < 1.29 is 23.1 Å². The van der Waals surface area contributed by atoms with E-state index < -0.39 is 0 Å². The van der Waals surface area contributed by atoms with E-state index in [1.54, 1.807) is 30.2 Å². The number of carbonyl (C=O) groups excluding carboxylic acids is 1. The minimum Gasteiger partial charge on any atom is -0.493 e. The maximum atomic E-state index is 13.1. The standard InChI is InChI=1S/C23H21FN4O4/c1-30-19-8-5-16(13-20(19)31-2)21-26-18(14-25)23(32-21)28-11-9-27(10-12-28)22(29)15-3-6-17(24)7-4-15/h3-8,13H,9-12H2,1-2H3. The summed E-state index contributed by atoms with van der Waals surface area (Å²) in [6, 6.07) is 12.8. The zero-order valence-electron chi connectivity index (χ0n) is 17.7. The number of nitriles is 1. The van der Waals surface area contributed by atoms with Gasteiger partial charge in [0.25, 0.3) is 5.91 Å². The van der Waals surface area contributed by atoms with Crippen molar-refractivity contribution in [1.29, 1.82) is 5.26 Å². The van der Waals surface area contributed by atoms with E-state index in [2.05, 4.69) is 11.1 Å². The van der Waals surface area contributed by atoms with E-state index in [9.17, 15) is 14.4 Å². The number of amides is 1. The third-order valence-electron chi connectivity index (χ3n) is 5.29. The third-order valence-corrected chi connectivity index (χ3v) is 5.29. The van der Waals surface area contributed by atoms with E-state index in [0.717, 1.165) is 0 Å². The van der Waals surface area contributed by atoms with Gasteiger partial charge in [-0.1, -0.05) is 0 Å². The van der Waals surface area contributed by atoms with Crippen LogP contribution in [0.3, 0.4) is 0 Å². The molecule has 1 saturated heterocycles. The Morgan fingerprint density at radius 2 is 1.75 bits per heavy atom. The SMILES string of the molecule is COc1ccc(-c2nc(C#N)c(N3CCN(C(=O)c4ccc(F)cc4)CC3)o2)cc1OC. The molecule has 0 radical (unpaired) electrons. The molecule has 1 amide bonds. The summed E-state index contributed by atoms with van der Waals surface area (Å²) < 4.78 is 29.6. The van der Waals surface area contributed by atoms with E-state index in [1.807, 2.05) is 4.90 Å². The summed E-state index contributed by atoms with van der Waals surface area (Å²) in [5.74, 6) is 1.22. The van der Waals surface area contributed by atoms with Crippen LogP contribution in [0.4, 0.5) is 10.3 Å². The maximum Gasteiger partial charge on any atom is 0.253 e. The second-order valence-corrected chi connectivity index (χ2v) is 7.14. The average Bonchev–Trinajstić information content (AvgIpc) is 3.28. The molecule has 32 heavy (non-hydrogen) atoms. The van der Waals surface area contributed by atoms with Crippen molar-refractivity contribution in [3.05, 3.63) is 59.5 Å². The summed E-state index contributed by atoms with van der Waals surface area (Å²) >= 11 is 0. The van der Waals surface area contributed by atoms with Gasteiger partial charge in [0.1, 0.15) is 11.9 Å². The van der Waals surface area contributed by atoms with E-state index in [4.69, 9.17) is 13.9 Å². The first-order valence-corrected chi connectivity index (χ1v) is 9.97. The van der Waals surface area contributed by atoms with Crippen LogP contribution in [0.1, 0.15) is 16.1 Å². The lowest BCUT2D eigenvalue weighted by Crippen LogP contribution is -2.48. The highest BCUT2D eigenvalue weighted by Gasteiger charge is 2.27. The van der Waals surface area contributed by atoms with Gasteiger partial charge in [-0.2, -0.15) is 10.2 Å². The Bertz CT molecular complexity index is 1160. The van der Waals surface area contributed by atoms with Crippen LogP contribution in [-0.2, 0) is 0 Å². The van der Waals surface area contributed by atoms with Crippen LogP contribution in [-0.4, -0.2) is 56.2 Å². The number of nitrogens with zero attached hydrogens (tertiary/aromatic N) is 4. The first-order chi connectivity index (χ1) is 15.5. The van der Waals surface area contributed by atoms with Crippen LogP contribution in [0.25, 0.3) is 11.5 Å². The fraction of sp³-hybridized carbons (Fsp3) is 0.261. The Labute approximate surface area is 184 Å². The minimum absolute atomic E-state index is 0.159. The van der Waals surface area contributed by atoms with Gasteiger partial charge < -0.3 is 23.7 Å². The zero-order chi connectivity index (χ0) is 22.7. The molecule has 1 aliphatic heterocycles. The molecule has 2 aromatic carbocycles. The number of halogens is 1. The zero-order valence-corrected chi connectivity index (χ0v) is 17.7. The number of hydrogen-bond donors (Lipinski definition) is 0. The molecule has 9 heteroatoms. The fourth-order valence-electron chi connectivity index (χ4n) is 3.58. The first kappa shape index (κ1) is 21.2. The number of oxazole rings is 1.